The van der Waals surface area contributed by atoms with Crippen LogP contribution in [0.1, 0.15) is 30.9 Å². The molecule has 2 aliphatic heterocycles. The fourth-order valence-corrected chi connectivity index (χ4v) is 4.53. The number of morpholine rings is 1. The molecule has 2 fully saturated rings. The van der Waals surface area contributed by atoms with Gasteiger partial charge in [0.1, 0.15) is 0 Å². The minimum Gasteiger partial charge on any atom is -0.376 e. The smallest absolute Gasteiger partial charge is 0.321 e. The lowest BCUT2D eigenvalue weighted by Crippen LogP contribution is -2.44. The molecule has 0 radical (unpaired) electrons. The van der Waals surface area contributed by atoms with E-state index in [0.717, 1.165) is 37.5 Å². The first-order valence-corrected chi connectivity index (χ1v) is 11.9. The average molecular weight is 451 g/mol. The van der Waals surface area contributed by atoms with Gasteiger partial charge in [-0.1, -0.05) is 42.5 Å². The van der Waals surface area contributed by atoms with Crippen molar-refractivity contribution in [2.24, 2.45) is 5.92 Å². The normalized spacial score (nSPS) is 19.8. The summed E-state index contributed by atoms with van der Waals surface area (Å²) in [6.45, 7) is 7.40. The van der Waals surface area contributed by atoms with Crippen molar-refractivity contribution in [2.45, 2.75) is 39.0 Å². The molecule has 2 aromatic rings. The molecule has 2 aromatic carbocycles. The SMILES string of the molecule is CC1CN(Cc2cccc(CNC(=O)C3CCN(C(=O)Nc4ccccc4)CC3)c2)CCO1. The number of anilines is 1. The monoisotopic (exact) mass is 450 g/mol. The minimum absolute atomic E-state index is 0.0520. The molecule has 0 aromatic heterocycles. The van der Waals surface area contributed by atoms with Crippen molar-refractivity contribution >= 4 is 17.6 Å². The Labute approximate surface area is 196 Å². The van der Waals surface area contributed by atoms with Gasteiger partial charge in [0, 0.05) is 50.9 Å². The van der Waals surface area contributed by atoms with Gasteiger partial charge in [0.05, 0.1) is 12.7 Å². The molecule has 2 aliphatic rings. The predicted octanol–water partition coefficient (Wildman–Crippen LogP) is 3.47. The topological polar surface area (TPSA) is 73.9 Å². The maximum atomic E-state index is 12.7. The second-order valence-corrected chi connectivity index (χ2v) is 9.01. The van der Waals surface area contributed by atoms with Crippen molar-refractivity contribution in [3.63, 3.8) is 0 Å². The first-order chi connectivity index (χ1) is 16.1. The summed E-state index contributed by atoms with van der Waals surface area (Å²) >= 11 is 0. The largest absolute Gasteiger partial charge is 0.376 e. The molecule has 2 heterocycles. The van der Waals surface area contributed by atoms with Crippen LogP contribution in [0.4, 0.5) is 10.5 Å². The van der Waals surface area contributed by atoms with Crippen LogP contribution in [0.5, 0.6) is 0 Å². The first-order valence-electron chi connectivity index (χ1n) is 11.9. The fourth-order valence-electron chi connectivity index (χ4n) is 4.53. The summed E-state index contributed by atoms with van der Waals surface area (Å²) in [6, 6.07) is 17.8. The lowest BCUT2D eigenvalue weighted by atomic mass is 9.96. The van der Waals surface area contributed by atoms with Gasteiger partial charge in [0.25, 0.3) is 0 Å². The molecule has 1 atom stereocenters. The maximum Gasteiger partial charge on any atom is 0.321 e. The van der Waals surface area contributed by atoms with Gasteiger partial charge in [-0.2, -0.15) is 0 Å². The molecule has 2 N–H and O–H groups in total. The molecule has 176 valence electrons. The Morgan fingerprint density at radius 1 is 1.00 bits per heavy atom. The van der Waals surface area contributed by atoms with E-state index in [0.29, 0.717) is 32.5 Å². The van der Waals surface area contributed by atoms with Crippen molar-refractivity contribution in [3.05, 3.63) is 65.7 Å². The summed E-state index contributed by atoms with van der Waals surface area (Å²) in [6.07, 6.45) is 1.64. The number of hydrogen-bond donors (Lipinski definition) is 2. The number of nitrogens with one attached hydrogen (secondary N) is 2. The Hall–Kier alpha value is -2.90. The highest BCUT2D eigenvalue weighted by Gasteiger charge is 2.27. The van der Waals surface area contributed by atoms with E-state index in [4.69, 9.17) is 4.74 Å². The number of urea groups is 1. The summed E-state index contributed by atoms with van der Waals surface area (Å²) in [4.78, 5) is 29.4. The molecule has 4 rings (SSSR count). The van der Waals surface area contributed by atoms with E-state index in [1.165, 1.54) is 5.56 Å². The summed E-state index contributed by atoms with van der Waals surface area (Å²) in [7, 11) is 0. The van der Waals surface area contributed by atoms with E-state index in [2.05, 4.69) is 46.7 Å². The number of nitrogens with zero attached hydrogens (tertiary/aromatic N) is 2. The van der Waals surface area contributed by atoms with Gasteiger partial charge in [-0.3, -0.25) is 9.69 Å². The summed E-state index contributed by atoms with van der Waals surface area (Å²) in [5, 5.41) is 6.01. The van der Waals surface area contributed by atoms with E-state index >= 15 is 0 Å². The van der Waals surface area contributed by atoms with Gasteiger partial charge in [-0.15, -0.1) is 0 Å². The highest BCUT2D eigenvalue weighted by atomic mass is 16.5. The van der Waals surface area contributed by atoms with Crippen molar-refractivity contribution in [1.29, 1.82) is 0 Å². The van der Waals surface area contributed by atoms with Crippen molar-refractivity contribution < 1.29 is 14.3 Å². The third kappa shape index (κ3) is 6.79. The van der Waals surface area contributed by atoms with Gasteiger partial charge in [0.15, 0.2) is 0 Å². The number of ether oxygens (including phenoxy) is 1. The zero-order valence-electron chi connectivity index (χ0n) is 19.3. The Morgan fingerprint density at radius 3 is 2.52 bits per heavy atom. The number of likely N-dealkylation sites (tertiary alicyclic amines) is 1. The average Bonchev–Trinajstić information content (AvgIpc) is 2.83. The van der Waals surface area contributed by atoms with Crippen LogP contribution in [-0.2, 0) is 22.6 Å². The van der Waals surface area contributed by atoms with Crippen molar-refractivity contribution in [3.8, 4) is 0 Å². The van der Waals surface area contributed by atoms with Crippen LogP contribution in [-0.4, -0.2) is 60.6 Å². The molecule has 0 bridgehead atoms. The molecule has 7 nitrogen and oxygen atoms in total. The van der Waals surface area contributed by atoms with Gasteiger partial charge in [0.2, 0.25) is 5.91 Å². The van der Waals surface area contributed by atoms with Gasteiger partial charge >= 0.3 is 6.03 Å². The maximum absolute atomic E-state index is 12.7. The summed E-state index contributed by atoms with van der Waals surface area (Å²) in [5.41, 5.74) is 3.16. The first kappa shape index (κ1) is 23.3. The second kappa shape index (κ2) is 11.3. The van der Waals surface area contributed by atoms with Crippen LogP contribution >= 0.6 is 0 Å². The Bertz CT molecular complexity index is 928. The van der Waals surface area contributed by atoms with Crippen molar-refractivity contribution in [1.82, 2.24) is 15.1 Å². The minimum atomic E-state index is -0.105. The number of amides is 3. The third-order valence-corrected chi connectivity index (χ3v) is 6.37. The number of rotatable bonds is 6. The van der Waals surface area contributed by atoms with E-state index in [9.17, 15) is 9.59 Å². The van der Waals surface area contributed by atoms with Crippen LogP contribution in [0.3, 0.4) is 0 Å². The number of para-hydroxylation sites is 1. The molecular formula is C26H34N4O3. The highest BCUT2D eigenvalue weighted by Crippen LogP contribution is 2.19. The molecule has 2 saturated heterocycles. The van der Waals surface area contributed by atoms with E-state index in [1.807, 2.05) is 30.3 Å². The lowest BCUT2D eigenvalue weighted by Gasteiger charge is -2.31. The highest BCUT2D eigenvalue weighted by molar-refractivity contribution is 5.89. The van der Waals surface area contributed by atoms with Crippen LogP contribution in [0.2, 0.25) is 0 Å². The van der Waals surface area contributed by atoms with Crippen LogP contribution in [0.25, 0.3) is 0 Å². The summed E-state index contributed by atoms with van der Waals surface area (Å²) < 4.78 is 5.62. The summed E-state index contributed by atoms with van der Waals surface area (Å²) in [5.74, 6) is 0.0225. The number of carbonyl (C=O) groups excluding carboxylic acids is 2. The molecular weight excluding hydrogens is 416 g/mol. The van der Waals surface area contributed by atoms with E-state index in [1.54, 1.807) is 4.90 Å². The van der Waals surface area contributed by atoms with E-state index < -0.39 is 0 Å². The zero-order valence-corrected chi connectivity index (χ0v) is 19.3. The van der Waals surface area contributed by atoms with Gasteiger partial charge < -0.3 is 20.3 Å². The molecule has 7 heteroatoms. The Balaban J connectivity index is 1.21. The van der Waals surface area contributed by atoms with Gasteiger partial charge in [-0.25, -0.2) is 4.79 Å². The Morgan fingerprint density at radius 2 is 1.76 bits per heavy atom. The molecule has 3 amide bonds. The van der Waals surface area contributed by atoms with Crippen LogP contribution in [0, 0.1) is 5.92 Å². The molecule has 0 saturated carbocycles. The predicted molar refractivity (Wildman–Crippen MR) is 129 cm³/mol. The number of benzene rings is 2. The number of carbonyl (C=O) groups is 2. The van der Waals surface area contributed by atoms with Crippen LogP contribution < -0.4 is 10.6 Å². The van der Waals surface area contributed by atoms with E-state index in [-0.39, 0.29) is 24.0 Å². The second-order valence-electron chi connectivity index (χ2n) is 9.01. The van der Waals surface area contributed by atoms with Crippen LogP contribution in [0.15, 0.2) is 54.6 Å². The standard InChI is InChI=1S/C26H34N4O3/c1-20-18-29(14-15-33-20)19-22-7-5-6-21(16-22)17-27-25(31)23-10-12-30(13-11-23)26(32)28-24-8-3-2-4-9-24/h2-9,16,20,23H,10-15,17-19H2,1H3,(H,27,31)(H,28,32). The quantitative estimate of drug-likeness (QED) is 0.707. The fraction of sp³-hybridized carbons (Fsp3) is 0.462. The number of piperidine rings is 1. The molecule has 0 aliphatic carbocycles. The third-order valence-electron chi connectivity index (χ3n) is 6.37. The molecule has 1 unspecified atom stereocenters. The molecule has 0 spiro atoms. The Kier molecular flexibility index (Phi) is 7.96. The van der Waals surface area contributed by atoms with Crippen molar-refractivity contribution in [2.75, 3.05) is 38.1 Å². The lowest BCUT2D eigenvalue weighted by molar-refractivity contribution is -0.126. The van der Waals surface area contributed by atoms with Gasteiger partial charge in [-0.05, 0) is 43.0 Å². The molecule has 33 heavy (non-hydrogen) atoms. The number of hydrogen-bond acceptors (Lipinski definition) is 4. The zero-order chi connectivity index (χ0) is 23.0.